The highest BCUT2D eigenvalue weighted by Crippen LogP contribution is 2.31. The van der Waals surface area contributed by atoms with Gasteiger partial charge in [-0.15, -0.1) is 0 Å². The molecule has 3 atom stereocenters. The first-order chi connectivity index (χ1) is 16.2. The average molecular weight is 520 g/mol. The molecular weight excluding hydrogens is 491 g/mol. The van der Waals surface area contributed by atoms with Crippen molar-refractivity contribution >= 4 is 27.7 Å². The fourth-order valence-corrected chi connectivity index (χ4v) is 5.81. The van der Waals surface area contributed by atoms with Crippen molar-refractivity contribution in [3.63, 3.8) is 0 Å². The number of carboxylic acid groups (broad SMARTS) is 1. The topological polar surface area (TPSA) is 124 Å². The van der Waals surface area contributed by atoms with E-state index >= 15 is 0 Å². The maximum absolute atomic E-state index is 13.1. The third kappa shape index (κ3) is 6.06. The van der Waals surface area contributed by atoms with Gasteiger partial charge in [-0.1, -0.05) is 6.07 Å². The Kier molecular flexibility index (Phi) is 7.68. The van der Waals surface area contributed by atoms with Crippen LogP contribution in [-0.4, -0.2) is 84.0 Å². The first kappa shape index (κ1) is 26.8. The summed E-state index contributed by atoms with van der Waals surface area (Å²) in [4.78, 5) is 39.7. The lowest BCUT2D eigenvalue weighted by atomic mass is 9.92. The zero-order valence-corrected chi connectivity index (χ0v) is 20.1. The molecule has 0 bridgehead atoms. The zero-order valence-electron chi connectivity index (χ0n) is 19.3. The van der Waals surface area contributed by atoms with Crippen LogP contribution in [-0.2, 0) is 20.8 Å². The number of nitrogens with zero attached hydrogens (tertiary/aromatic N) is 2. The average Bonchev–Trinajstić information content (AvgIpc) is 3.12. The maximum Gasteiger partial charge on any atom is 0.416 e. The molecule has 35 heavy (non-hydrogen) atoms. The van der Waals surface area contributed by atoms with E-state index in [2.05, 4.69) is 5.32 Å². The monoisotopic (exact) mass is 519 g/mol. The molecule has 2 aliphatic rings. The third-order valence-corrected chi connectivity index (χ3v) is 8.86. The van der Waals surface area contributed by atoms with E-state index in [-0.39, 0.29) is 43.8 Å². The molecule has 2 fully saturated rings. The Morgan fingerprint density at radius 2 is 1.89 bits per heavy atom. The summed E-state index contributed by atoms with van der Waals surface area (Å²) in [6.07, 6.45) is -5.35. The number of halogens is 3. The molecule has 3 amide bonds. The van der Waals surface area contributed by atoms with E-state index in [4.69, 9.17) is 0 Å². The molecule has 2 unspecified atom stereocenters. The molecule has 0 saturated carbocycles. The van der Waals surface area contributed by atoms with Gasteiger partial charge in [0.2, 0.25) is 5.91 Å². The van der Waals surface area contributed by atoms with Crippen LogP contribution in [0, 0.1) is 5.92 Å². The molecule has 1 aromatic carbocycles. The molecule has 2 heterocycles. The minimum Gasteiger partial charge on any atom is -0.465 e. The normalized spacial score (nSPS) is 23.6. The van der Waals surface area contributed by atoms with E-state index in [1.54, 1.807) is 0 Å². The van der Waals surface area contributed by atoms with Gasteiger partial charge in [-0.25, -0.2) is 13.2 Å². The van der Waals surface area contributed by atoms with Crippen molar-refractivity contribution < 1.29 is 41.1 Å². The van der Waals surface area contributed by atoms with Gasteiger partial charge in [0.05, 0.1) is 16.6 Å². The molecule has 0 aromatic heterocycles. The number of piperidine rings is 1. The zero-order chi connectivity index (χ0) is 26.1. The van der Waals surface area contributed by atoms with Crippen LogP contribution < -0.4 is 5.32 Å². The van der Waals surface area contributed by atoms with Gasteiger partial charge in [0.1, 0.15) is 6.04 Å². The van der Waals surface area contributed by atoms with Gasteiger partial charge < -0.3 is 20.2 Å². The molecule has 3 rings (SSSR count). The van der Waals surface area contributed by atoms with Crippen molar-refractivity contribution in [3.8, 4) is 0 Å². The fourth-order valence-electron chi connectivity index (χ4n) is 4.50. The fraction of sp³-hybridized carbons (Fsp3) is 0.591. The summed E-state index contributed by atoms with van der Waals surface area (Å²) in [5.41, 5.74) is -1.22. The number of likely N-dealkylation sites (tertiary alicyclic amines) is 2. The molecule has 0 aliphatic carbocycles. The van der Waals surface area contributed by atoms with E-state index in [0.29, 0.717) is 6.07 Å². The smallest absolute Gasteiger partial charge is 0.416 e. The van der Waals surface area contributed by atoms with Gasteiger partial charge in [0.25, 0.3) is 5.91 Å². The van der Waals surface area contributed by atoms with Gasteiger partial charge in [0.15, 0.2) is 9.84 Å². The molecular formula is C22H28F3N3O6S. The molecule has 2 N–H and O–H groups in total. The Balaban J connectivity index is 1.74. The van der Waals surface area contributed by atoms with Crippen molar-refractivity contribution in [2.75, 3.05) is 25.4 Å². The lowest BCUT2D eigenvalue weighted by Crippen LogP contribution is -2.56. The Bertz CT molecular complexity index is 1090. The Morgan fingerprint density at radius 1 is 1.20 bits per heavy atom. The number of benzene rings is 1. The van der Waals surface area contributed by atoms with Crippen molar-refractivity contribution in [1.82, 2.24) is 15.1 Å². The van der Waals surface area contributed by atoms with Crippen molar-refractivity contribution in [3.05, 3.63) is 35.4 Å². The van der Waals surface area contributed by atoms with Crippen LogP contribution in [0.25, 0.3) is 0 Å². The number of amides is 3. The summed E-state index contributed by atoms with van der Waals surface area (Å²) in [6.45, 7) is 3.35. The third-order valence-electron chi connectivity index (χ3n) is 6.53. The number of carbonyl (C=O) groups is 3. The number of alkyl halides is 3. The maximum atomic E-state index is 13.1. The largest absolute Gasteiger partial charge is 0.465 e. The van der Waals surface area contributed by atoms with Crippen molar-refractivity contribution in [1.29, 1.82) is 0 Å². The number of nitrogens with one attached hydrogen (secondary N) is 1. The summed E-state index contributed by atoms with van der Waals surface area (Å²) in [7, 11) is -3.53. The predicted molar refractivity (Wildman–Crippen MR) is 119 cm³/mol. The van der Waals surface area contributed by atoms with Crippen LogP contribution in [0.15, 0.2) is 24.3 Å². The van der Waals surface area contributed by atoms with E-state index in [9.17, 15) is 41.1 Å². The SMILES string of the molecule is CC(C)S(=O)(=O)CC1CN(C(=O)O)CCC1N1CC[C@H](NC(=O)c2cccc(C(F)(F)F)c2)C1=O. The molecule has 0 spiro atoms. The summed E-state index contributed by atoms with van der Waals surface area (Å²) < 4.78 is 64.0. The molecule has 194 valence electrons. The van der Waals surface area contributed by atoms with Gasteiger partial charge in [-0.2, -0.15) is 13.2 Å². The van der Waals surface area contributed by atoms with Crippen LogP contribution in [0.4, 0.5) is 18.0 Å². The van der Waals surface area contributed by atoms with Gasteiger partial charge in [-0.3, -0.25) is 9.59 Å². The van der Waals surface area contributed by atoms with Crippen molar-refractivity contribution in [2.24, 2.45) is 5.92 Å². The summed E-state index contributed by atoms with van der Waals surface area (Å²) >= 11 is 0. The number of carbonyl (C=O) groups excluding carboxylic acids is 2. The van der Waals surface area contributed by atoms with Crippen LogP contribution in [0.3, 0.4) is 0 Å². The van der Waals surface area contributed by atoms with Crippen LogP contribution in [0.1, 0.15) is 42.6 Å². The van der Waals surface area contributed by atoms with Gasteiger partial charge in [-0.05, 0) is 44.9 Å². The second-order valence-corrected chi connectivity index (χ2v) is 11.7. The highest BCUT2D eigenvalue weighted by molar-refractivity contribution is 7.91. The number of hydrogen-bond acceptors (Lipinski definition) is 5. The second-order valence-electron chi connectivity index (χ2n) is 9.15. The minimum atomic E-state index is -4.62. The molecule has 1 aromatic rings. The Labute approximate surface area is 201 Å². The molecule has 0 radical (unpaired) electrons. The second kappa shape index (κ2) is 10.0. The first-order valence-corrected chi connectivity index (χ1v) is 12.9. The summed E-state index contributed by atoms with van der Waals surface area (Å²) in [6, 6.07) is 2.36. The van der Waals surface area contributed by atoms with E-state index < -0.39 is 62.7 Å². The number of hydrogen-bond donors (Lipinski definition) is 2. The standard InChI is InChI=1S/C22H28F3N3O6S/c1-13(2)35(33,34)12-15-11-27(21(31)32)8-7-18(15)28-9-6-17(20(28)30)26-19(29)14-4-3-5-16(10-14)22(23,24)25/h3-5,10,13,15,17-18H,6-9,11-12H2,1-2H3,(H,26,29)(H,31,32)/t15?,17-,18?/m0/s1. The number of sulfone groups is 1. The molecule has 9 nitrogen and oxygen atoms in total. The molecule has 2 saturated heterocycles. The minimum absolute atomic E-state index is 0.0447. The first-order valence-electron chi connectivity index (χ1n) is 11.2. The van der Waals surface area contributed by atoms with E-state index in [1.807, 2.05) is 0 Å². The predicted octanol–water partition coefficient (Wildman–Crippen LogP) is 2.23. The Hall–Kier alpha value is -2.83. The van der Waals surface area contributed by atoms with Crippen LogP contribution >= 0.6 is 0 Å². The highest BCUT2D eigenvalue weighted by Gasteiger charge is 2.44. The quantitative estimate of drug-likeness (QED) is 0.594. The van der Waals surface area contributed by atoms with Gasteiger partial charge >= 0.3 is 12.3 Å². The highest BCUT2D eigenvalue weighted by atomic mass is 32.2. The van der Waals surface area contributed by atoms with Crippen LogP contribution in [0.5, 0.6) is 0 Å². The molecule has 2 aliphatic heterocycles. The Morgan fingerprint density at radius 3 is 2.49 bits per heavy atom. The lowest BCUT2D eigenvalue weighted by molar-refractivity contribution is -0.137. The van der Waals surface area contributed by atoms with Crippen LogP contribution in [0.2, 0.25) is 0 Å². The lowest BCUT2D eigenvalue weighted by Gasteiger charge is -2.41. The van der Waals surface area contributed by atoms with Crippen molar-refractivity contribution in [2.45, 2.75) is 50.2 Å². The van der Waals surface area contributed by atoms with Gasteiger partial charge in [0, 0.05) is 37.2 Å². The number of rotatable bonds is 6. The summed E-state index contributed by atoms with van der Waals surface area (Å²) in [5.74, 6) is -2.22. The van der Waals surface area contributed by atoms with E-state index in [1.165, 1.54) is 24.8 Å². The molecule has 13 heteroatoms. The van der Waals surface area contributed by atoms with E-state index in [0.717, 1.165) is 17.0 Å². The summed E-state index contributed by atoms with van der Waals surface area (Å²) in [5, 5.41) is 11.2.